The lowest BCUT2D eigenvalue weighted by atomic mass is 9.91. The number of nitrogens with zero attached hydrogens (tertiary/aromatic N) is 4. The normalized spacial score (nSPS) is 25.2. The molecule has 7 nitrogen and oxygen atoms in total. The average Bonchev–Trinajstić information content (AvgIpc) is 3.40. The summed E-state index contributed by atoms with van der Waals surface area (Å²) in [6, 6.07) is 14.9. The molecule has 0 bridgehead atoms. The number of likely N-dealkylation sites (N-methyl/N-ethyl adjacent to an activating group) is 1. The van der Waals surface area contributed by atoms with Crippen molar-refractivity contribution < 1.29 is 4.79 Å². The summed E-state index contributed by atoms with van der Waals surface area (Å²) in [7, 11) is 2.14. The number of likely N-dealkylation sites (tertiary alicyclic amines) is 1. The molecule has 2 aromatic carbocycles. The molecule has 0 aliphatic carbocycles. The number of anilines is 1. The summed E-state index contributed by atoms with van der Waals surface area (Å²) in [5, 5.41) is 12.1. The Morgan fingerprint density at radius 2 is 1.91 bits per heavy atom. The highest BCUT2D eigenvalue weighted by Crippen LogP contribution is 2.38. The fourth-order valence-corrected chi connectivity index (χ4v) is 5.92. The third kappa shape index (κ3) is 3.60. The maximum absolute atomic E-state index is 13.2. The molecule has 2 N–H and O–H groups in total. The molecule has 1 saturated heterocycles. The number of carbonyl (C=O) groups is 1. The highest BCUT2D eigenvalue weighted by molar-refractivity contribution is 5.97. The predicted molar refractivity (Wildman–Crippen MR) is 135 cm³/mol. The lowest BCUT2D eigenvalue weighted by Crippen LogP contribution is -2.48. The number of urea groups is 1. The van der Waals surface area contributed by atoms with E-state index in [4.69, 9.17) is 0 Å². The van der Waals surface area contributed by atoms with E-state index >= 15 is 0 Å². The predicted octanol–water partition coefficient (Wildman–Crippen LogP) is 4.86. The van der Waals surface area contributed by atoms with Crippen molar-refractivity contribution in [3.8, 4) is 0 Å². The summed E-state index contributed by atoms with van der Waals surface area (Å²) >= 11 is 0. The number of H-pyrrole nitrogens is 1. The summed E-state index contributed by atoms with van der Waals surface area (Å²) in [5.41, 5.74) is 7.49. The van der Waals surface area contributed by atoms with E-state index in [1.165, 1.54) is 5.56 Å². The van der Waals surface area contributed by atoms with Crippen molar-refractivity contribution in [1.82, 2.24) is 20.0 Å². The molecule has 174 valence electrons. The number of hydrogen-bond donors (Lipinski definition) is 2. The molecule has 3 atom stereocenters. The van der Waals surface area contributed by atoms with Gasteiger partial charge in [0, 0.05) is 54.0 Å². The lowest BCUT2D eigenvalue weighted by Gasteiger charge is -2.36. The Morgan fingerprint density at radius 3 is 2.71 bits per heavy atom. The van der Waals surface area contributed by atoms with E-state index < -0.39 is 0 Å². The average molecular weight is 455 g/mol. The van der Waals surface area contributed by atoms with Gasteiger partial charge in [-0.05, 0) is 50.6 Å². The van der Waals surface area contributed by atoms with Gasteiger partial charge < -0.3 is 15.1 Å². The zero-order chi connectivity index (χ0) is 23.4. The van der Waals surface area contributed by atoms with E-state index in [1.807, 2.05) is 24.0 Å². The molecule has 6 rings (SSSR count). The van der Waals surface area contributed by atoms with Crippen molar-refractivity contribution in [1.29, 1.82) is 0 Å². The number of allylic oxidation sites excluding steroid dienone is 2. The lowest BCUT2D eigenvalue weighted by molar-refractivity contribution is 0.177. The molecule has 0 spiro atoms. The highest BCUT2D eigenvalue weighted by Gasteiger charge is 2.40. The quantitative estimate of drug-likeness (QED) is 0.593. The Morgan fingerprint density at radius 1 is 1.09 bits per heavy atom. The van der Waals surface area contributed by atoms with Crippen molar-refractivity contribution in [2.45, 2.75) is 44.7 Å². The summed E-state index contributed by atoms with van der Waals surface area (Å²) in [6.07, 6.45) is 3.11. The van der Waals surface area contributed by atoms with Crippen molar-refractivity contribution in [2.24, 2.45) is 4.99 Å². The Kier molecular flexibility index (Phi) is 5.03. The van der Waals surface area contributed by atoms with Crippen LogP contribution < -0.4 is 5.32 Å². The first-order valence-electron chi connectivity index (χ1n) is 12.0. The number of aromatic nitrogens is 2. The van der Waals surface area contributed by atoms with Crippen LogP contribution in [0.2, 0.25) is 0 Å². The number of aromatic amines is 1. The second kappa shape index (κ2) is 8.09. The van der Waals surface area contributed by atoms with Crippen molar-refractivity contribution in [3.05, 3.63) is 71.1 Å². The van der Waals surface area contributed by atoms with E-state index in [0.29, 0.717) is 12.5 Å². The topological polar surface area (TPSA) is 76.6 Å². The number of benzene rings is 2. The van der Waals surface area contributed by atoms with Crippen LogP contribution in [0.4, 0.5) is 10.5 Å². The molecule has 3 aliphatic heterocycles. The molecule has 2 amide bonds. The zero-order valence-electron chi connectivity index (χ0n) is 19.9. The standard InChI is InChI=1S/C27H30N6O/c1-16-9-19(10-17(2)28-16)26-21-11-20-13-33(27(34)29-23(20)12-24(21)30-31-26)25-15-32(3)14-22(25)18-7-5-4-6-8-18/h4-9,11-12,19,22,25H,10,13-15H2,1-3H3,(H,29,34)(H,30,31)/t19?,22?,25-/m1/s1. The first-order valence-corrected chi connectivity index (χ1v) is 12.0. The second-order valence-corrected chi connectivity index (χ2v) is 9.99. The van der Waals surface area contributed by atoms with Crippen molar-refractivity contribution in [3.63, 3.8) is 0 Å². The molecular weight excluding hydrogens is 424 g/mol. The van der Waals surface area contributed by atoms with E-state index in [1.54, 1.807) is 0 Å². The van der Waals surface area contributed by atoms with Crippen LogP contribution in [0.5, 0.6) is 0 Å². The minimum atomic E-state index is -0.0264. The van der Waals surface area contributed by atoms with Gasteiger partial charge in [0.2, 0.25) is 0 Å². The summed E-state index contributed by atoms with van der Waals surface area (Å²) < 4.78 is 0. The van der Waals surface area contributed by atoms with Crippen LogP contribution in [0.1, 0.15) is 48.9 Å². The Bertz CT molecular complexity index is 1320. The third-order valence-electron chi connectivity index (χ3n) is 7.45. The largest absolute Gasteiger partial charge is 0.322 e. The van der Waals surface area contributed by atoms with E-state index in [9.17, 15) is 4.79 Å². The number of carbonyl (C=O) groups excluding carboxylic acids is 1. The van der Waals surface area contributed by atoms with Crippen LogP contribution >= 0.6 is 0 Å². The molecule has 0 saturated carbocycles. The van der Waals surface area contributed by atoms with E-state index in [0.717, 1.165) is 58.8 Å². The van der Waals surface area contributed by atoms with Crippen LogP contribution in [-0.2, 0) is 6.54 Å². The highest BCUT2D eigenvalue weighted by atomic mass is 16.2. The molecule has 4 heterocycles. The fraction of sp³-hybridized carbons (Fsp3) is 0.370. The Balaban J connectivity index is 1.34. The van der Waals surface area contributed by atoms with Gasteiger partial charge in [0.25, 0.3) is 0 Å². The molecule has 3 aromatic rings. The van der Waals surface area contributed by atoms with Crippen LogP contribution in [-0.4, -0.2) is 57.9 Å². The number of rotatable bonds is 3. The number of nitrogens with one attached hydrogen (secondary N) is 2. The van der Waals surface area contributed by atoms with Crippen LogP contribution in [0.25, 0.3) is 10.9 Å². The van der Waals surface area contributed by atoms with Gasteiger partial charge in [-0.1, -0.05) is 36.4 Å². The fourth-order valence-electron chi connectivity index (χ4n) is 5.92. The Labute approximate surface area is 199 Å². The molecule has 0 radical (unpaired) electrons. The van der Waals surface area contributed by atoms with Gasteiger partial charge in [0.05, 0.1) is 17.3 Å². The number of amides is 2. The van der Waals surface area contributed by atoms with Crippen molar-refractivity contribution >= 4 is 28.3 Å². The van der Waals surface area contributed by atoms with Gasteiger partial charge in [-0.15, -0.1) is 0 Å². The van der Waals surface area contributed by atoms with Gasteiger partial charge >= 0.3 is 6.03 Å². The summed E-state index contributed by atoms with van der Waals surface area (Å²) in [4.78, 5) is 22.2. The van der Waals surface area contributed by atoms with Crippen molar-refractivity contribution in [2.75, 3.05) is 25.5 Å². The number of fused-ring (bicyclic) bond motifs is 2. The van der Waals surface area contributed by atoms with Crippen LogP contribution in [0, 0.1) is 0 Å². The van der Waals surface area contributed by atoms with Crippen LogP contribution in [0.3, 0.4) is 0 Å². The summed E-state index contributed by atoms with van der Waals surface area (Å²) in [6.45, 7) is 6.55. The van der Waals surface area contributed by atoms with Gasteiger partial charge in [-0.25, -0.2) is 4.79 Å². The Hall–Kier alpha value is -3.45. The summed E-state index contributed by atoms with van der Waals surface area (Å²) in [5.74, 6) is 0.533. The third-order valence-corrected chi connectivity index (χ3v) is 7.45. The first-order chi connectivity index (χ1) is 16.5. The van der Waals surface area contributed by atoms with E-state index in [-0.39, 0.29) is 18.0 Å². The second-order valence-electron chi connectivity index (χ2n) is 9.99. The molecule has 7 heteroatoms. The van der Waals surface area contributed by atoms with Gasteiger partial charge in [-0.2, -0.15) is 5.10 Å². The number of hydrogen-bond acceptors (Lipinski definition) is 4. The van der Waals surface area contributed by atoms with E-state index in [2.05, 4.69) is 75.8 Å². The maximum Gasteiger partial charge on any atom is 0.322 e. The minimum Gasteiger partial charge on any atom is -0.315 e. The van der Waals surface area contributed by atoms with Gasteiger partial charge in [0.15, 0.2) is 0 Å². The SMILES string of the molecule is CC1=CC(c2[nH]nc3cc4c(cc23)CN([C@@H]2CN(C)CC2c2ccccc2)C(=O)N4)CC(C)=N1. The smallest absolute Gasteiger partial charge is 0.315 e. The number of aliphatic imine (C=N–C) groups is 1. The molecule has 3 aliphatic rings. The van der Waals surface area contributed by atoms with Gasteiger partial charge in [-0.3, -0.25) is 10.1 Å². The minimum absolute atomic E-state index is 0.0264. The maximum atomic E-state index is 13.2. The first kappa shape index (κ1) is 21.1. The molecule has 1 aromatic heterocycles. The van der Waals surface area contributed by atoms with Gasteiger partial charge in [0.1, 0.15) is 0 Å². The zero-order valence-corrected chi connectivity index (χ0v) is 19.9. The molecule has 1 fully saturated rings. The molecule has 2 unspecified atom stereocenters. The molecular formula is C27H30N6O. The monoisotopic (exact) mass is 454 g/mol. The van der Waals surface area contributed by atoms with Crippen LogP contribution in [0.15, 0.2) is 59.2 Å². The molecule has 34 heavy (non-hydrogen) atoms.